The lowest BCUT2D eigenvalue weighted by atomic mass is 10.2. The zero-order valence-corrected chi connectivity index (χ0v) is 14.2. The first kappa shape index (κ1) is 16.2. The Balaban J connectivity index is 1.55. The molecule has 3 aromatic rings. The van der Waals surface area contributed by atoms with Crippen LogP contribution in [0.15, 0.2) is 60.0 Å². The van der Waals surface area contributed by atoms with Crippen LogP contribution in [0.5, 0.6) is 5.75 Å². The quantitative estimate of drug-likeness (QED) is 0.746. The summed E-state index contributed by atoms with van der Waals surface area (Å²) in [5.74, 6) is 0.617. The number of nitrogens with one attached hydrogen (secondary N) is 1. The maximum absolute atomic E-state index is 12.1. The van der Waals surface area contributed by atoms with Crippen molar-refractivity contribution in [3.8, 4) is 5.75 Å². The predicted molar refractivity (Wildman–Crippen MR) is 95.5 cm³/mol. The summed E-state index contributed by atoms with van der Waals surface area (Å²) in [4.78, 5) is 16.7. The number of ether oxygens (including phenoxy) is 1. The first-order valence-corrected chi connectivity index (χ1v) is 8.52. The standard InChI is InChI=1S/C19H18N2O2S/c1-23-17-9-7-15(8-10-17)19(22)20-12-16-13-24-18(21-16)11-14-5-3-2-4-6-14/h2-10,13H,11-12H2,1H3,(H,20,22). The van der Waals surface area contributed by atoms with E-state index in [4.69, 9.17) is 4.74 Å². The molecule has 0 fully saturated rings. The molecule has 1 amide bonds. The zero-order valence-electron chi connectivity index (χ0n) is 13.4. The first-order chi connectivity index (χ1) is 11.7. The number of amides is 1. The third-order valence-corrected chi connectivity index (χ3v) is 4.48. The van der Waals surface area contributed by atoms with E-state index >= 15 is 0 Å². The highest BCUT2D eigenvalue weighted by molar-refractivity contribution is 7.09. The third kappa shape index (κ3) is 4.20. The molecule has 1 heterocycles. The molecule has 0 radical (unpaired) electrons. The second-order valence-corrected chi connectivity index (χ2v) is 6.25. The van der Waals surface area contributed by atoms with Gasteiger partial charge in [0, 0.05) is 17.4 Å². The molecule has 0 bridgehead atoms. The fourth-order valence-electron chi connectivity index (χ4n) is 2.30. The minimum Gasteiger partial charge on any atom is -0.497 e. The van der Waals surface area contributed by atoms with Crippen molar-refractivity contribution >= 4 is 17.2 Å². The molecule has 0 unspecified atom stereocenters. The van der Waals surface area contributed by atoms with E-state index < -0.39 is 0 Å². The molecule has 122 valence electrons. The molecular weight excluding hydrogens is 320 g/mol. The molecule has 0 atom stereocenters. The van der Waals surface area contributed by atoms with Crippen molar-refractivity contribution in [2.75, 3.05) is 7.11 Å². The summed E-state index contributed by atoms with van der Waals surface area (Å²) >= 11 is 1.62. The SMILES string of the molecule is COc1ccc(C(=O)NCc2csc(Cc3ccccc3)n2)cc1. The minimum absolute atomic E-state index is 0.115. The van der Waals surface area contributed by atoms with Crippen LogP contribution in [0.25, 0.3) is 0 Å². The predicted octanol–water partition coefficient (Wildman–Crippen LogP) is 3.67. The Kier molecular flexibility index (Phi) is 5.23. The summed E-state index contributed by atoms with van der Waals surface area (Å²) in [5.41, 5.74) is 2.73. The molecule has 1 aromatic heterocycles. The third-order valence-electron chi connectivity index (χ3n) is 3.58. The van der Waals surface area contributed by atoms with Gasteiger partial charge in [-0.1, -0.05) is 30.3 Å². The molecule has 0 saturated heterocycles. The van der Waals surface area contributed by atoms with E-state index in [-0.39, 0.29) is 5.91 Å². The highest BCUT2D eigenvalue weighted by Crippen LogP contribution is 2.15. The van der Waals surface area contributed by atoms with E-state index in [1.807, 2.05) is 23.6 Å². The van der Waals surface area contributed by atoms with Gasteiger partial charge in [-0.25, -0.2) is 4.98 Å². The number of hydrogen-bond donors (Lipinski definition) is 1. The van der Waals surface area contributed by atoms with Gasteiger partial charge in [-0.15, -0.1) is 11.3 Å². The highest BCUT2D eigenvalue weighted by Gasteiger charge is 2.08. The number of hydrogen-bond acceptors (Lipinski definition) is 4. The molecule has 3 rings (SSSR count). The van der Waals surface area contributed by atoms with E-state index in [9.17, 15) is 4.79 Å². The molecule has 2 aromatic carbocycles. The second kappa shape index (κ2) is 7.75. The van der Waals surface area contributed by atoms with Gasteiger partial charge in [-0.3, -0.25) is 4.79 Å². The van der Waals surface area contributed by atoms with Crippen LogP contribution in [0, 0.1) is 0 Å². The Morgan fingerprint density at radius 1 is 1.12 bits per heavy atom. The van der Waals surface area contributed by atoms with Crippen molar-refractivity contribution in [1.29, 1.82) is 0 Å². The fraction of sp³-hybridized carbons (Fsp3) is 0.158. The van der Waals surface area contributed by atoms with Crippen molar-refractivity contribution in [2.45, 2.75) is 13.0 Å². The summed E-state index contributed by atoms with van der Waals surface area (Å²) in [6.45, 7) is 0.427. The summed E-state index contributed by atoms with van der Waals surface area (Å²) < 4.78 is 5.09. The minimum atomic E-state index is -0.115. The lowest BCUT2D eigenvalue weighted by Crippen LogP contribution is -2.22. The Bertz CT molecular complexity index is 798. The molecule has 0 aliphatic carbocycles. The summed E-state index contributed by atoms with van der Waals surface area (Å²) in [5, 5.41) is 5.94. The van der Waals surface area contributed by atoms with Crippen molar-refractivity contribution in [2.24, 2.45) is 0 Å². The Labute approximate surface area is 145 Å². The van der Waals surface area contributed by atoms with Gasteiger partial charge in [0.15, 0.2) is 0 Å². The van der Waals surface area contributed by atoms with Crippen molar-refractivity contribution in [3.63, 3.8) is 0 Å². The van der Waals surface area contributed by atoms with Gasteiger partial charge >= 0.3 is 0 Å². The topological polar surface area (TPSA) is 51.2 Å². The smallest absolute Gasteiger partial charge is 0.251 e. The average Bonchev–Trinajstić information content (AvgIpc) is 3.08. The molecule has 1 N–H and O–H groups in total. The highest BCUT2D eigenvalue weighted by atomic mass is 32.1. The maximum Gasteiger partial charge on any atom is 0.251 e. The van der Waals surface area contributed by atoms with Gasteiger partial charge in [0.25, 0.3) is 5.91 Å². The molecular formula is C19H18N2O2S. The van der Waals surface area contributed by atoms with Crippen LogP contribution in [0.2, 0.25) is 0 Å². The zero-order chi connectivity index (χ0) is 16.8. The maximum atomic E-state index is 12.1. The van der Waals surface area contributed by atoms with Gasteiger partial charge in [-0.05, 0) is 29.8 Å². The molecule has 24 heavy (non-hydrogen) atoms. The van der Waals surface area contributed by atoms with E-state index in [2.05, 4.69) is 22.4 Å². The van der Waals surface area contributed by atoms with Crippen LogP contribution in [-0.4, -0.2) is 18.0 Å². The van der Waals surface area contributed by atoms with Gasteiger partial charge < -0.3 is 10.1 Å². The molecule has 5 heteroatoms. The summed E-state index contributed by atoms with van der Waals surface area (Å²) in [6, 6.07) is 17.3. The Morgan fingerprint density at radius 2 is 1.88 bits per heavy atom. The van der Waals surface area contributed by atoms with Gasteiger partial charge in [0.1, 0.15) is 5.75 Å². The molecule has 0 spiro atoms. The normalized spacial score (nSPS) is 10.4. The van der Waals surface area contributed by atoms with E-state index in [1.54, 1.807) is 42.7 Å². The number of carbonyl (C=O) groups excluding carboxylic acids is 1. The number of nitrogens with zero attached hydrogens (tertiary/aromatic N) is 1. The Hall–Kier alpha value is -2.66. The molecule has 0 aliphatic rings. The van der Waals surface area contributed by atoms with E-state index in [0.29, 0.717) is 12.1 Å². The van der Waals surface area contributed by atoms with Crippen LogP contribution >= 0.6 is 11.3 Å². The van der Waals surface area contributed by atoms with Crippen molar-refractivity contribution in [3.05, 3.63) is 81.8 Å². The number of benzene rings is 2. The first-order valence-electron chi connectivity index (χ1n) is 7.64. The fourth-order valence-corrected chi connectivity index (χ4v) is 3.13. The average molecular weight is 338 g/mol. The lowest BCUT2D eigenvalue weighted by molar-refractivity contribution is 0.0950. The van der Waals surface area contributed by atoms with E-state index in [0.717, 1.165) is 22.9 Å². The van der Waals surface area contributed by atoms with Crippen LogP contribution in [0.1, 0.15) is 26.6 Å². The van der Waals surface area contributed by atoms with Gasteiger partial charge in [0.05, 0.1) is 24.4 Å². The molecule has 0 aliphatic heterocycles. The number of aromatic nitrogens is 1. The van der Waals surface area contributed by atoms with Crippen LogP contribution in [-0.2, 0) is 13.0 Å². The monoisotopic (exact) mass is 338 g/mol. The number of carbonyl (C=O) groups is 1. The second-order valence-electron chi connectivity index (χ2n) is 5.31. The van der Waals surface area contributed by atoms with E-state index in [1.165, 1.54) is 5.56 Å². The van der Waals surface area contributed by atoms with Crippen molar-refractivity contribution in [1.82, 2.24) is 10.3 Å². The van der Waals surface area contributed by atoms with Crippen LogP contribution in [0.3, 0.4) is 0 Å². The number of rotatable bonds is 6. The molecule has 4 nitrogen and oxygen atoms in total. The number of thiazole rings is 1. The van der Waals surface area contributed by atoms with Crippen LogP contribution in [0.4, 0.5) is 0 Å². The van der Waals surface area contributed by atoms with Gasteiger partial charge in [-0.2, -0.15) is 0 Å². The summed E-state index contributed by atoms with van der Waals surface area (Å²) in [7, 11) is 1.60. The molecule has 0 saturated carbocycles. The van der Waals surface area contributed by atoms with Crippen LogP contribution < -0.4 is 10.1 Å². The largest absolute Gasteiger partial charge is 0.497 e. The lowest BCUT2D eigenvalue weighted by Gasteiger charge is -2.04. The number of methoxy groups -OCH3 is 1. The Morgan fingerprint density at radius 3 is 2.58 bits per heavy atom. The van der Waals surface area contributed by atoms with Crippen molar-refractivity contribution < 1.29 is 9.53 Å². The van der Waals surface area contributed by atoms with Gasteiger partial charge in [0.2, 0.25) is 0 Å². The summed E-state index contributed by atoms with van der Waals surface area (Å²) in [6.07, 6.45) is 0.817.